The third kappa shape index (κ3) is 4.08. The maximum atomic E-state index is 12.6. The van der Waals surface area contributed by atoms with Crippen LogP contribution in [0, 0.1) is 6.92 Å². The van der Waals surface area contributed by atoms with Gasteiger partial charge in [0.2, 0.25) is 11.8 Å². The molecule has 0 saturated carbocycles. The molecule has 1 aliphatic rings. The summed E-state index contributed by atoms with van der Waals surface area (Å²) < 4.78 is 0. The van der Waals surface area contributed by atoms with Gasteiger partial charge >= 0.3 is 0 Å². The molecule has 0 spiro atoms. The van der Waals surface area contributed by atoms with E-state index in [1.54, 1.807) is 11.8 Å². The number of benzene rings is 2. The Morgan fingerprint density at radius 3 is 2.40 bits per heavy atom. The molecule has 0 unspecified atom stereocenters. The molecule has 3 rings (SSSR count). The van der Waals surface area contributed by atoms with E-state index in [9.17, 15) is 9.59 Å². The summed E-state index contributed by atoms with van der Waals surface area (Å²) in [5, 5.41) is 0. The molecule has 130 valence electrons. The lowest BCUT2D eigenvalue weighted by molar-refractivity contribution is -0.131. The van der Waals surface area contributed by atoms with Crippen molar-refractivity contribution >= 4 is 17.5 Å². The van der Waals surface area contributed by atoms with Crippen LogP contribution in [0.3, 0.4) is 0 Å². The molecule has 1 aliphatic heterocycles. The van der Waals surface area contributed by atoms with Gasteiger partial charge in [-0.05, 0) is 36.6 Å². The minimum absolute atomic E-state index is 0.0411. The summed E-state index contributed by atoms with van der Waals surface area (Å²) in [4.78, 5) is 28.2. The molecule has 0 fully saturated rings. The van der Waals surface area contributed by atoms with E-state index < -0.39 is 0 Å². The molecule has 0 N–H and O–H groups in total. The van der Waals surface area contributed by atoms with Crippen molar-refractivity contribution in [2.24, 2.45) is 0 Å². The van der Waals surface area contributed by atoms with E-state index in [4.69, 9.17) is 0 Å². The molecule has 0 radical (unpaired) electrons. The molecule has 0 aromatic heterocycles. The van der Waals surface area contributed by atoms with Crippen molar-refractivity contribution in [1.29, 1.82) is 0 Å². The Bertz CT molecular complexity index is 768. The van der Waals surface area contributed by atoms with Gasteiger partial charge in [0.05, 0.1) is 0 Å². The zero-order valence-electron chi connectivity index (χ0n) is 14.9. The highest BCUT2D eigenvalue weighted by Gasteiger charge is 2.21. The van der Waals surface area contributed by atoms with Crippen LogP contribution in [0.1, 0.15) is 30.0 Å². The highest BCUT2D eigenvalue weighted by Crippen LogP contribution is 2.20. The van der Waals surface area contributed by atoms with Crippen LogP contribution in [-0.4, -0.2) is 29.8 Å². The van der Waals surface area contributed by atoms with Crippen LogP contribution in [0.5, 0.6) is 0 Å². The third-order valence-electron chi connectivity index (χ3n) is 4.76. The number of hydrogen-bond acceptors (Lipinski definition) is 2. The van der Waals surface area contributed by atoms with E-state index in [2.05, 4.69) is 12.1 Å². The Labute approximate surface area is 149 Å². The first-order chi connectivity index (χ1) is 12.0. The van der Waals surface area contributed by atoms with E-state index in [-0.39, 0.29) is 11.8 Å². The molecule has 25 heavy (non-hydrogen) atoms. The Morgan fingerprint density at radius 2 is 1.72 bits per heavy atom. The molecule has 0 aliphatic carbocycles. The lowest BCUT2D eigenvalue weighted by Gasteiger charge is -2.30. The van der Waals surface area contributed by atoms with Gasteiger partial charge in [-0.25, -0.2) is 0 Å². The lowest BCUT2D eigenvalue weighted by Crippen LogP contribution is -2.39. The van der Waals surface area contributed by atoms with Crippen molar-refractivity contribution in [3.8, 4) is 0 Å². The molecule has 2 aromatic carbocycles. The van der Waals surface area contributed by atoms with Gasteiger partial charge < -0.3 is 9.80 Å². The molecule has 2 amide bonds. The SMILES string of the molecule is CC(=O)N(CCC(=O)N1CCc2ccccc2C1)c1ccc(C)cc1. The molecule has 0 saturated heterocycles. The minimum Gasteiger partial charge on any atom is -0.338 e. The van der Waals surface area contributed by atoms with Crippen LogP contribution in [0.2, 0.25) is 0 Å². The molecule has 0 atom stereocenters. The van der Waals surface area contributed by atoms with Crippen LogP contribution in [0.25, 0.3) is 0 Å². The Balaban J connectivity index is 1.62. The number of carbonyl (C=O) groups is 2. The van der Waals surface area contributed by atoms with Gasteiger partial charge in [-0.2, -0.15) is 0 Å². The number of anilines is 1. The van der Waals surface area contributed by atoms with Crippen LogP contribution in [0.4, 0.5) is 5.69 Å². The first-order valence-electron chi connectivity index (χ1n) is 8.74. The maximum Gasteiger partial charge on any atom is 0.224 e. The number of nitrogens with zero attached hydrogens (tertiary/aromatic N) is 2. The second-order valence-electron chi connectivity index (χ2n) is 6.59. The fourth-order valence-corrected chi connectivity index (χ4v) is 3.27. The second-order valence-corrected chi connectivity index (χ2v) is 6.59. The summed E-state index contributed by atoms with van der Waals surface area (Å²) in [6.07, 6.45) is 1.24. The van der Waals surface area contributed by atoms with Gasteiger partial charge in [0.1, 0.15) is 0 Å². The summed E-state index contributed by atoms with van der Waals surface area (Å²) in [6, 6.07) is 16.1. The van der Waals surface area contributed by atoms with Crippen LogP contribution in [0.15, 0.2) is 48.5 Å². The fraction of sp³-hybridized carbons (Fsp3) is 0.333. The van der Waals surface area contributed by atoms with Gasteiger partial charge in [0, 0.05) is 38.7 Å². The van der Waals surface area contributed by atoms with Crippen LogP contribution in [-0.2, 0) is 22.6 Å². The number of amides is 2. The van der Waals surface area contributed by atoms with E-state index in [0.29, 0.717) is 19.5 Å². The van der Waals surface area contributed by atoms with E-state index in [0.717, 1.165) is 24.2 Å². The summed E-state index contributed by atoms with van der Waals surface area (Å²) >= 11 is 0. The number of rotatable bonds is 4. The molecule has 2 aromatic rings. The zero-order chi connectivity index (χ0) is 17.8. The van der Waals surface area contributed by atoms with Gasteiger partial charge in [-0.1, -0.05) is 42.0 Å². The maximum absolute atomic E-state index is 12.6. The van der Waals surface area contributed by atoms with Crippen molar-refractivity contribution in [3.05, 3.63) is 65.2 Å². The molecule has 4 nitrogen and oxygen atoms in total. The van der Waals surface area contributed by atoms with E-state index in [1.807, 2.05) is 48.2 Å². The van der Waals surface area contributed by atoms with Gasteiger partial charge in [0.25, 0.3) is 0 Å². The van der Waals surface area contributed by atoms with Crippen molar-refractivity contribution in [1.82, 2.24) is 4.90 Å². The smallest absolute Gasteiger partial charge is 0.224 e. The average Bonchev–Trinajstić information content (AvgIpc) is 2.62. The summed E-state index contributed by atoms with van der Waals surface area (Å²) in [6.45, 7) is 5.39. The van der Waals surface area contributed by atoms with E-state index >= 15 is 0 Å². The monoisotopic (exact) mass is 336 g/mol. The van der Waals surface area contributed by atoms with Crippen LogP contribution < -0.4 is 4.90 Å². The highest BCUT2D eigenvalue weighted by molar-refractivity contribution is 5.92. The third-order valence-corrected chi connectivity index (χ3v) is 4.76. The Morgan fingerprint density at radius 1 is 1.04 bits per heavy atom. The van der Waals surface area contributed by atoms with Gasteiger partial charge in [-0.15, -0.1) is 0 Å². The second kappa shape index (κ2) is 7.51. The van der Waals surface area contributed by atoms with Gasteiger partial charge in [-0.3, -0.25) is 9.59 Å². The Kier molecular flexibility index (Phi) is 5.17. The number of fused-ring (bicyclic) bond motifs is 1. The van der Waals surface area contributed by atoms with Gasteiger partial charge in [0.15, 0.2) is 0 Å². The molecule has 4 heteroatoms. The number of aryl methyl sites for hydroxylation is 1. The summed E-state index contributed by atoms with van der Waals surface area (Å²) in [5.41, 5.74) is 4.55. The summed E-state index contributed by atoms with van der Waals surface area (Å²) in [7, 11) is 0. The zero-order valence-corrected chi connectivity index (χ0v) is 14.9. The lowest BCUT2D eigenvalue weighted by atomic mass is 10.00. The topological polar surface area (TPSA) is 40.6 Å². The molecular formula is C21H24N2O2. The summed E-state index contributed by atoms with van der Waals surface area (Å²) in [5.74, 6) is 0.0634. The standard InChI is InChI=1S/C21H24N2O2/c1-16-7-9-20(10-8-16)23(17(2)24)14-12-21(25)22-13-11-18-5-3-4-6-19(18)15-22/h3-10H,11-15H2,1-2H3. The van der Waals surface area contributed by atoms with Crippen molar-refractivity contribution in [2.75, 3.05) is 18.0 Å². The van der Waals surface area contributed by atoms with E-state index in [1.165, 1.54) is 11.1 Å². The molecular weight excluding hydrogens is 312 g/mol. The van der Waals surface area contributed by atoms with Crippen molar-refractivity contribution in [2.45, 2.75) is 33.2 Å². The first-order valence-corrected chi connectivity index (χ1v) is 8.74. The minimum atomic E-state index is -0.0411. The number of hydrogen-bond donors (Lipinski definition) is 0. The first kappa shape index (κ1) is 17.2. The largest absolute Gasteiger partial charge is 0.338 e. The van der Waals surface area contributed by atoms with Crippen LogP contribution >= 0.6 is 0 Å². The fourth-order valence-electron chi connectivity index (χ4n) is 3.27. The molecule has 0 bridgehead atoms. The predicted octanol–water partition coefficient (Wildman–Crippen LogP) is 3.32. The normalized spacial score (nSPS) is 13.3. The average molecular weight is 336 g/mol. The Hall–Kier alpha value is -2.62. The van der Waals surface area contributed by atoms with Crippen molar-refractivity contribution < 1.29 is 9.59 Å². The number of carbonyl (C=O) groups excluding carboxylic acids is 2. The highest BCUT2D eigenvalue weighted by atomic mass is 16.2. The quantitative estimate of drug-likeness (QED) is 0.859. The van der Waals surface area contributed by atoms with Crippen molar-refractivity contribution in [3.63, 3.8) is 0 Å². The predicted molar refractivity (Wildman–Crippen MR) is 99.4 cm³/mol. The molecule has 1 heterocycles.